The van der Waals surface area contributed by atoms with Crippen molar-refractivity contribution in [3.63, 3.8) is 0 Å². The topological polar surface area (TPSA) is 61.8 Å². The Balaban J connectivity index is 1.76. The van der Waals surface area contributed by atoms with E-state index in [0.717, 1.165) is 22.8 Å². The maximum Gasteiger partial charge on any atom is 0.139 e. The quantitative estimate of drug-likeness (QED) is 0.790. The number of nitrogen functional groups attached to an aromatic ring is 1. The van der Waals surface area contributed by atoms with Crippen molar-refractivity contribution in [2.45, 2.75) is 6.61 Å². The third-order valence-electron chi connectivity index (χ3n) is 3.06. The third-order valence-corrected chi connectivity index (χ3v) is 3.06. The molecule has 2 N–H and O–H groups in total. The van der Waals surface area contributed by atoms with Crippen molar-refractivity contribution in [1.82, 2.24) is 9.38 Å². The van der Waals surface area contributed by atoms with E-state index in [-0.39, 0.29) is 0 Å². The average molecular weight is 269 g/mol. The highest BCUT2D eigenvalue weighted by Gasteiger charge is 2.04. The lowest BCUT2D eigenvalue weighted by molar-refractivity contribution is 0.299. The minimum absolute atomic E-state index is 0.442. The standard InChI is InChI=1S/C15H15N3O2/c1-19-13-2-4-14(5-3-13)20-10-12-9-17-15-8-11(16)6-7-18(12)15/h2-9H,10,16H2,1H3. The zero-order chi connectivity index (χ0) is 13.9. The second-order valence-corrected chi connectivity index (χ2v) is 4.40. The van der Waals surface area contributed by atoms with Gasteiger partial charge in [-0.25, -0.2) is 4.98 Å². The molecule has 0 bridgehead atoms. The number of hydrogen-bond acceptors (Lipinski definition) is 4. The fourth-order valence-corrected chi connectivity index (χ4v) is 1.98. The van der Waals surface area contributed by atoms with Gasteiger partial charge in [0.1, 0.15) is 23.8 Å². The molecule has 0 aliphatic carbocycles. The molecule has 0 amide bonds. The number of hydrogen-bond donors (Lipinski definition) is 1. The number of rotatable bonds is 4. The molecule has 3 rings (SSSR count). The lowest BCUT2D eigenvalue weighted by atomic mass is 10.3. The second-order valence-electron chi connectivity index (χ2n) is 4.40. The first-order valence-corrected chi connectivity index (χ1v) is 6.24. The number of fused-ring (bicyclic) bond motifs is 1. The highest BCUT2D eigenvalue weighted by molar-refractivity contribution is 5.52. The monoisotopic (exact) mass is 269 g/mol. The lowest BCUT2D eigenvalue weighted by Gasteiger charge is -2.07. The van der Waals surface area contributed by atoms with Gasteiger partial charge in [-0.3, -0.25) is 0 Å². The summed E-state index contributed by atoms with van der Waals surface area (Å²) in [5, 5.41) is 0. The smallest absolute Gasteiger partial charge is 0.139 e. The molecule has 1 aromatic carbocycles. The molecule has 0 atom stereocenters. The largest absolute Gasteiger partial charge is 0.497 e. The number of methoxy groups -OCH3 is 1. The number of anilines is 1. The maximum absolute atomic E-state index is 5.74. The highest BCUT2D eigenvalue weighted by Crippen LogP contribution is 2.18. The summed E-state index contributed by atoms with van der Waals surface area (Å²) < 4.78 is 12.8. The molecule has 2 heterocycles. The van der Waals surface area contributed by atoms with Crippen LogP contribution in [-0.4, -0.2) is 16.5 Å². The number of pyridine rings is 1. The molecule has 0 unspecified atom stereocenters. The van der Waals surface area contributed by atoms with E-state index in [4.69, 9.17) is 15.2 Å². The van der Waals surface area contributed by atoms with Crippen LogP contribution in [0.15, 0.2) is 48.8 Å². The van der Waals surface area contributed by atoms with E-state index >= 15 is 0 Å². The van der Waals surface area contributed by atoms with Gasteiger partial charge in [-0.2, -0.15) is 0 Å². The van der Waals surface area contributed by atoms with Gasteiger partial charge >= 0.3 is 0 Å². The predicted octanol–water partition coefficient (Wildman–Crippen LogP) is 2.50. The van der Waals surface area contributed by atoms with Gasteiger partial charge in [0.25, 0.3) is 0 Å². The molecule has 0 saturated carbocycles. The van der Waals surface area contributed by atoms with Gasteiger partial charge in [0.2, 0.25) is 0 Å². The van der Waals surface area contributed by atoms with Crippen molar-refractivity contribution in [3.05, 3.63) is 54.5 Å². The summed E-state index contributed by atoms with van der Waals surface area (Å²) in [6, 6.07) is 11.2. The molecule has 0 saturated heterocycles. The van der Waals surface area contributed by atoms with Crippen LogP contribution >= 0.6 is 0 Å². The SMILES string of the molecule is COc1ccc(OCc2cnc3cc(N)ccn23)cc1. The fourth-order valence-electron chi connectivity index (χ4n) is 1.98. The van der Waals surface area contributed by atoms with E-state index in [2.05, 4.69) is 4.98 Å². The summed E-state index contributed by atoms with van der Waals surface area (Å²) in [5.41, 5.74) is 8.22. The minimum atomic E-state index is 0.442. The summed E-state index contributed by atoms with van der Waals surface area (Å²) in [7, 11) is 1.64. The normalized spacial score (nSPS) is 10.7. The molecule has 0 aliphatic rings. The van der Waals surface area contributed by atoms with Crippen molar-refractivity contribution < 1.29 is 9.47 Å². The van der Waals surface area contributed by atoms with Crippen LogP contribution < -0.4 is 15.2 Å². The van der Waals surface area contributed by atoms with Crippen LogP contribution in [0, 0.1) is 0 Å². The molecule has 0 radical (unpaired) electrons. The van der Waals surface area contributed by atoms with Gasteiger partial charge in [-0.1, -0.05) is 0 Å². The third kappa shape index (κ3) is 2.38. The molecular weight excluding hydrogens is 254 g/mol. The van der Waals surface area contributed by atoms with Crippen LogP contribution in [0.25, 0.3) is 5.65 Å². The van der Waals surface area contributed by atoms with Crippen LogP contribution in [0.2, 0.25) is 0 Å². The van der Waals surface area contributed by atoms with E-state index in [1.807, 2.05) is 47.0 Å². The molecular formula is C15H15N3O2. The molecule has 0 fully saturated rings. The van der Waals surface area contributed by atoms with E-state index in [9.17, 15) is 0 Å². The number of nitrogens with two attached hydrogens (primary N) is 1. The predicted molar refractivity (Wildman–Crippen MR) is 76.9 cm³/mol. The van der Waals surface area contributed by atoms with Gasteiger partial charge in [0, 0.05) is 18.0 Å². The fraction of sp³-hybridized carbons (Fsp3) is 0.133. The van der Waals surface area contributed by atoms with E-state index in [0.29, 0.717) is 12.3 Å². The van der Waals surface area contributed by atoms with E-state index < -0.39 is 0 Å². The average Bonchev–Trinajstić information content (AvgIpc) is 2.88. The van der Waals surface area contributed by atoms with Crippen molar-refractivity contribution in [1.29, 1.82) is 0 Å². The van der Waals surface area contributed by atoms with Crippen molar-refractivity contribution in [3.8, 4) is 11.5 Å². The van der Waals surface area contributed by atoms with E-state index in [1.54, 1.807) is 13.3 Å². The Morgan fingerprint density at radius 2 is 1.90 bits per heavy atom. The first kappa shape index (κ1) is 12.3. The van der Waals surface area contributed by atoms with Gasteiger partial charge in [-0.15, -0.1) is 0 Å². The first-order chi connectivity index (χ1) is 9.76. The Kier molecular flexibility index (Phi) is 3.16. The van der Waals surface area contributed by atoms with Crippen LogP contribution in [0.3, 0.4) is 0 Å². The molecule has 5 heteroatoms. The van der Waals surface area contributed by atoms with Crippen LogP contribution in [0.1, 0.15) is 5.69 Å². The molecule has 3 aromatic rings. The van der Waals surface area contributed by atoms with Crippen LogP contribution in [-0.2, 0) is 6.61 Å². The number of imidazole rings is 1. The first-order valence-electron chi connectivity index (χ1n) is 6.24. The summed E-state index contributed by atoms with van der Waals surface area (Å²) in [6.45, 7) is 0.442. The minimum Gasteiger partial charge on any atom is -0.497 e. The van der Waals surface area contributed by atoms with Crippen molar-refractivity contribution >= 4 is 11.3 Å². The summed E-state index contributed by atoms with van der Waals surface area (Å²) in [6.07, 6.45) is 3.68. The van der Waals surface area contributed by atoms with Crippen molar-refractivity contribution in [2.24, 2.45) is 0 Å². The number of nitrogens with zero attached hydrogens (tertiary/aromatic N) is 2. The zero-order valence-corrected chi connectivity index (χ0v) is 11.1. The Morgan fingerprint density at radius 1 is 1.15 bits per heavy atom. The molecule has 5 nitrogen and oxygen atoms in total. The molecule has 102 valence electrons. The summed E-state index contributed by atoms with van der Waals surface area (Å²) in [5.74, 6) is 1.60. The molecule has 0 spiro atoms. The Labute approximate surface area is 116 Å². The Hall–Kier alpha value is -2.69. The van der Waals surface area contributed by atoms with Crippen molar-refractivity contribution in [2.75, 3.05) is 12.8 Å². The lowest BCUT2D eigenvalue weighted by Crippen LogP contribution is -2.00. The van der Waals surface area contributed by atoms with Gasteiger partial charge in [0.05, 0.1) is 19.0 Å². The molecule has 20 heavy (non-hydrogen) atoms. The summed E-state index contributed by atoms with van der Waals surface area (Å²) >= 11 is 0. The van der Waals surface area contributed by atoms with Crippen LogP contribution in [0.5, 0.6) is 11.5 Å². The van der Waals surface area contributed by atoms with Gasteiger partial charge in [0.15, 0.2) is 0 Å². The number of ether oxygens (including phenoxy) is 2. The molecule has 0 aliphatic heterocycles. The summed E-state index contributed by atoms with van der Waals surface area (Å²) in [4.78, 5) is 4.30. The second kappa shape index (κ2) is 5.13. The van der Waals surface area contributed by atoms with Crippen LogP contribution in [0.4, 0.5) is 5.69 Å². The van der Waals surface area contributed by atoms with Gasteiger partial charge in [-0.05, 0) is 30.3 Å². The Morgan fingerprint density at radius 3 is 2.65 bits per heavy atom. The number of aromatic nitrogens is 2. The zero-order valence-electron chi connectivity index (χ0n) is 11.1. The highest BCUT2D eigenvalue weighted by atomic mass is 16.5. The molecule has 2 aromatic heterocycles. The number of benzene rings is 1. The Bertz CT molecular complexity index is 720. The van der Waals surface area contributed by atoms with Gasteiger partial charge < -0.3 is 19.6 Å². The maximum atomic E-state index is 5.74. The van der Waals surface area contributed by atoms with E-state index in [1.165, 1.54) is 0 Å².